The maximum Gasteiger partial charge on any atom is 0.228 e. The molecule has 1 amide bonds. The summed E-state index contributed by atoms with van der Waals surface area (Å²) in [6.07, 6.45) is 3.05. The molecule has 0 aromatic heterocycles. The van der Waals surface area contributed by atoms with Crippen molar-refractivity contribution in [3.05, 3.63) is 0 Å². The van der Waals surface area contributed by atoms with Gasteiger partial charge in [0.15, 0.2) is 0 Å². The normalized spacial score (nSPS) is 28.3. The van der Waals surface area contributed by atoms with Gasteiger partial charge in [-0.15, -0.1) is 0 Å². The van der Waals surface area contributed by atoms with Crippen LogP contribution in [0.1, 0.15) is 32.6 Å². The summed E-state index contributed by atoms with van der Waals surface area (Å²) in [6.45, 7) is 4.64. The Morgan fingerprint density at radius 3 is 2.57 bits per heavy atom. The first-order chi connectivity index (χ1) is 9.95. The molecule has 1 atom stereocenters. The minimum atomic E-state index is -3.15. The first kappa shape index (κ1) is 16.7. The van der Waals surface area contributed by atoms with Crippen molar-refractivity contribution in [2.75, 3.05) is 45.6 Å². The van der Waals surface area contributed by atoms with E-state index in [4.69, 9.17) is 4.74 Å². The lowest BCUT2D eigenvalue weighted by molar-refractivity contribution is -0.137. The maximum absolute atomic E-state index is 12.7. The lowest BCUT2D eigenvalue weighted by atomic mass is 9.79. The highest BCUT2D eigenvalue weighted by Crippen LogP contribution is 2.41. The van der Waals surface area contributed by atoms with Crippen molar-refractivity contribution >= 4 is 15.9 Å². The summed E-state index contributed by atoms with van der Waals surface area (Å²) >= 11 is 0. The van der Waals surface area contributed by atoms with Crippen molar-refractivity contribution in [1.29, 1.82) is 0 Å². The van der Waals surface area contributed by atoms with E-state index in [1.165, 1.54) is 0 Å². The van der Waals surface area contributed by atoms with Crippen LogP contribution in [0, 0.1) is 5.41 Å². The van der Waals surface area contributed by atoms with Crippen LogP contribution in [-0.2, 0) is 19.6 Å². The Labute approximate surface area is 127 Å². The molecule has 0 aromatic rings. The molecule has 2 saturated heterocycles. The van der Waals surface area contributed by atoms with Crippen LogP contribution in [0.4, 0.5) is 0 Å². The lowest BCUT2D eigenvalue weighted by Gasteiger charge is -2.26. The Hall–Kier alpha value is -0.660. The second kappa shape index (κ2) is 6.62. The van der Waals surface area contributed by atoms with Gasteiger partial charge in [-0.05, 0) is 32.6 Å². The molecule has 2 aliphatic heterocycles. The molecular weight excluding hydrogens is 292 g/mol. The highest BCUT2D eigenvalue weighted by molar-refractivity contribution is 7.89. The molecule has 2 rings (SSSR count). The first-order valence-electron chi connectivity index (χ1n) is 7.71. The standard InChI is InChI=1S/C14H26N2O4S/c1-3-21(18,19)16-8-4-5-14(7-10-16)6-9-15(13(14)17)11-12-20-2/h3-12H2,1-2H3. The van der Waals surface area contributed by atoms with Crippen LogP contribution in [0.2, 0.25) is 0 Å². The summed E-state index contributed by atoms with van der Waals surface area (Å²) in [4.78, 5) is 14.5. The number of carbonyl (C=O) groups excluding carboxylic acids is 1. The summed E-state index contributed by atoms with van der Waals surface area (Å²) in [5, 5.41) is 0. The molecular formula is C14H26N2O4S. The van der Waals surface area contributed by atoms with E-state index in [9.17, 15) is 13.2 Å². The Morgan fingerprint density at radius 2 is 1.90 bits per heavy atom. The van der Waals surface area contributed by atoms with E-state index in [0.717, 1.165) is 25.8 Å². The fourth-order valence-corrected chi connectivity index (χ4v) is 4.54. The largest absolute Gasteiger partial charge is 0.383 e. The van der Waals surface area contributed by atoms with Crippen molar-refractivity contribution in [3.8, 4) is 0 Å². The van der Waals surface area contributed by atoms with E-state index in [2.05, 4.69) is 0 Å². The summed E-state index contributed by atoms with van der Waals surface area (Å²) in [5.74, 6) is 0.323. The van der Waals surface area contributed by atoms with Crippen LogP contribution in [0.5, 0.6) is 0 Å². The molecule has 0 bridgehead atoms. The molecule has 2 fully saturated rings. The number of ether oxygens (including phenoxy) is 1. The number of methoxy groups -OCH3 is 1. The molecule has 2 heterocycles. The number of hydrogen-bond acceptors (Lipinski definition) is 4. The quantitative estimate of drug-likeness (QED) is 0.748. The number of likely N-dealkylation sites (tertiary alicyclic amines) is 1. The molecule has 21 heavy (non-hydrogen) atoms. The minimum absolute atomic E-state index is 0.133. The van der Waals surface area contributed by atoms with Gasteiger partial charge in [0.1, 0.15) is 0 Å². The van der Waals surface area contributed by atoms with Crippen LogP contribution in [0.15, 0.2) is 0 Å². The minimum Gasteiger partial charge on any atom is -0.383 e. The van der Waals surface area contributed by atoms with Crippen LogP contribution in [0.25, 0.3) is 0 Å². The Bertz CT molecular complexity index is 479. The predicted octanol–water partition coefficient (Wildman–Crippen LogP) is 0.687. The second-order valence-electron chi connectivity index (χ2n) is 5.97. The van der Waals surface area contributed by atoms with Gasteiger partial charge in [0.05, 0.1) is 17.8 Å². The molecule has 0 aliphatic carbocycles. The van der Waals surface area contributed by atoms with E-state index in [1.54, 1.807) is 18.3 Å². The summed E-state index contributed by atoms with van der Waals surface area (Å²) in [7, 11) is -1.51. The van der Waals surface area contributed by atoms with Gasteiger partial charge in [0.25, 0.3) is 0 Å². The SMILES string of the molecule is CCS(=O)(=O)N1CCCC2(CCN(CCOC)C2=O)CC1. The number of sulfonamides is 1. The zero-order chi connectivity index (χ0) is 15.5. The van der Waals surface area contributed by atoms with E-state index < -0.39 is 10.0 Å². The van der Waals surface area contributed by atoms with Gasteiger partial charge in [-0.2, -0.15) is 0 Å². The lowest BCUT2D eigenvalue weighted by Crippen LogP contribution is -2.38. The van der Waals surface area contributed by atoms with E-state index in [-0.39, 0.29) is 17.1 Å². The van der Waals surface area contributed by atoms with Crippen LogP contribution >= 0.6 is 0 Å². The third-order valence-corrected chi connectivity index (χ3v) is 6.71. The molecule has 0 N–H and O–H groups in total. The topological polar surface area (TPSA) is 66.9 Å². The zero-order valence-corrected chi connectivity index (χ0v) is 13.8. The highest BCUT2D eigenvalue weighted by Gasteiger charge is 2.47. The average Bonchev–Trinajstić information content (AvgIpc) is 2.66. The molecule has 2 aliphatic rings. The third kappa shape index (κ3) is 3.40. The number of amides is 1. The summed E-state index contributed by atoms with van der Waals surface area (Å²) in [5.41, 5.74) is -0.342. The number of carbonyl (C=O) groups is 1. The molecule has 122 valence electrons. The Morgan fingerprint density at radius 1 is 1.19 bits per heavy atom. The summed E-state index contributed by atoms with van der Waals surface area (Å²) in [6, 6.07) is 0. The molecule has 7 heteroatoms. The highest BCUT2D eigenvalue weighted by atomic mass is 32.2. The van der Waals surface area contributed by atoms with Crippen molar-refractivity contribution < 1.29 is 17.9 Å². The van der Waals surface area contributed by atoms with E-state index >= 15 is 0 Å². The van der Waals surface area contributed by atoms with Gasteiger partial charge in [-0.3, -0.25) is 4.79 Å². The maximum atomic E-state index is 12.7. The second-order valence-corrected chi connectivity index (χ2v) is 8.23. The number of hydrogen-bond donors (Lipinski definition) is 0. The predicted molar refractivity (Wildman–Crippen MR) is 80.4 cm³/mol. The van der Waals surface area contributed by atoms with Gasteiger partial charge in [0.2, 0.25) is 15.9 Å². The molecule has 0 aromatic carbocycles. The third-order valence-electron chi connectivity index (χ3n) is 4.83. The Kier molecular flexibility index (Phi) is 5.27. The van der Waals surface area contributed by atoms with Gasteiger partial charge < -0.3 is 9.64 Å². The summed E-state index contributed by atoms with van der Waals surface area (Å²) < 4.78 is 30.6. The molecule has 0 radical (unpaired) electrons. The van der Waals surface area contributed by atoms with E-state index in [0.29, 0.717) is 32.7 Å². The van der Waals surface area contributed by atoms with Crippen molar-refractivity contribution in [2.45, 2.75) is 32.6 Å². The molecule has 1 spiro atoms. The first-order valence-corrected chi connectivity index (χ1v) is 9.32. The van der Waals surface area contributed by atoms with Gasteiger partial charge in [-0.1, -0.05) is 0 Å². The molecule has 6 nitrogen and oxygen atoms in total. The van der Waals surface area contributed by atoms with E-state index in [1.807, 2.05) is 4.90 Å². The van der Waals surface area contributed by atoms with Gasteiger partial charge in [-0.25, -0.2) is 12.7 Å². The Balaban J connectivity index is 2.04. The smallest absolute Gasteiger partial charge is 0.228 e. The van der Waals surface area contributed by atoms with Gasteiger partial charge >= 0.3 is 0 Å². The van der Waals surface area contributed by atoms with Crippen molar-refractivity contribution in [3.63, 3.8) is 0 Å². The number of nitrogens with zero attached hydrogens (tertiary/aromatic N) is 2. The fourth-order valence-electron chi connectivity index (χ4n) is 3.40. The number of rotatable bonds is 5. The average molecular weight is 318 g/mol. The van der Waals surface area contributed by atoms with Crippen molar-refractivity contribution in [2.24, 2.45) is 5.41 Å². The molecule has 0 saturated carbocycles. The van der Waals surface area contributed by atoms with Crippen LogP contribution in [-0.4, -0.2) is 69.2 Å². The fraction of sp³-hybridized carbons (Fsp3) is 0.929. The zero-order valence-electron chi connectivity index (χ0n) is 13.0. The monoisotopic (exact) mass is 318 g/mol. The van der Waals surface area contributed by atoms with Crippen molar-refractivity contribution in [1.82, 2.24) is 9.21 Å². The molecule has 1 unspecified atom stereocenters. The van der Waals surface area contributed by atoms with Gasteiger partial charge in [0, 0.05) is 33.3 Å². The van der Waals surface area contributed by atoms with Crippen LogP contribution < -0.4 is 0 Å². The van der Waals surface area contributed by atoms with Crippen LogP contribution in [0.3, 0.4) is 0 Å².